The van der Waals surface area contributed by atoms with Crippen LogP contribution in [0.3, 0.4) is 0 Å². The van der Waals surface area contributed by atoms with Gasteiger partial charge in [-0.15, -0.1) is 0 Å². The van der Waals surface area contributed by atoms with Gasteiger partial charge < -0.3 is 18.3 Å². The summed E-state index contributed by atoms with van der Waals surface area (Å²) in [6.45, 7) is 78.3. The fourth-order valence-electron chi connectivity index (χ4n) is 14.5. The van der Waals surface area contributed by atoms with E-state index < -0.39 is 0 Å². The molecule has 678 valence electrons. The van der Waals surface area contributed by atoms with Crippen LogP contribution < -0.4 is 30.3 Å². The average molecular weight is 1680 g/mol. The Morgan fingerprint density at radius 1 is 0.211 bits per heavy atom. The molecule has 2 aliphatic heterocycles. The highest BCUT2D eigenvalue weighted by Crippen LogP contribution is 2.33. The van der Waals surface area contributed by atoms with E-state index in [0.29, 0.717) is 12.1 Å². The van der Waals surface area contributed by atoms with Crippen molar-refractivity contribution in [3.8, 4) is 0 Å². The average Bonchev–Trinajstić information content (AvgIpc) is 1.18. The summed E-state index contributed by atoms with van der Waals surface area (Å²) in [6, 6.07) is 87.7. The molecule has 0 N–H and O–H groups in total. The molecule has 14 aromatic rings. The van der Waals surface area contributed by atoms with E-state index in [2.05, 4.69) is 333 Å². The molecule has 2 atom stereocenters. The smallest absolute Gasteiger partial charge is 0.208 e. The molecule has 0 amide bonds. The van der Waals surface area contributed by atoms with Gasteiger partial charge in [0.2, 0.25) is 10.7 Å². The second-order valence-electron chi connectivity index (χ2n) is 22.6. The fourth-order valence-corrected chi connectivity index (χ4v) is 14.5. The third kappa shape index (κ3) is 31.0. The molecule has 18 rings (SSSR count). The minimum absolute atomic E-state index is 0. The van der Waals surface area contributed by atoms with Gasteiger partial charge in [0.25, 0.3) is 0 Å². The molecule has 123 heavy (non-hydrogen) atoms. The number of fused-ring (bicyclic) bond motifs is 16. The SMILES string of the molecule is C1=CC2=c3ccccc3=[N+](CCn3c4ccccc4c4ccccc43)C2C=C1.C1=CC2=c3ccccc3=[N+](CCn3c4ccccc4c4ccccc43)C2C=C1.CC.CC.CC.CC.CC.CC.CC.CC.CC.CC.CC.CC.CC.CC.CC.CC.CC.CCn1c2ccccc2c2ccccc21.CCn1c2ccccc2c2ccccc21.F.F.F. The van der Waals surface area contributed by atoms with E-state index >= 15 is 0 Å². The summed E-state index contributed by atoms with van der Waals surface area (Å²) < 4.78 is 14.8. The van der Waals surface area contributed by atoms with Crippen LogP contribution in [0.15, 0.2) is 291 Å². The van der Waals surface area contributed by atoms with Gasteiger partial charge in [-0.25, -0.2) is 9.15 Å². The van der Waals surface area contributed by atoms with E-state index in [1.54, 1.807) is 0 Å². The molecule has 0 radical (unpaired) electrons. The number of halogens is 3. The van der Waals surface area contributed by atoms with Crippen molar-refractivity contribution in [2.45, 2.75) is 288 Å². The monoisotopic (exact) mass is 1680 g/mol. The third-order valence-corrected chi connectivity index (χ3v) is 18.2. The molecule has 0 bridgehead atoms. The van der Waals surface area contributed by atoms with E-state index in [4.69, 9.17) is 0 Å². The molecule has 2 unspecified atom stereocenters. The second-order valence-corrected chi connectivity index (χ2v) is 22.6. The Labute approximate surface area is 748 Å². The van der Waals surface area contributed by atoms with Crippen molar-refractivity contribution in [2.75, 3.05) is 13.1 Å². The van der Waals surface area contributed by atoms with Crippen LogP contribution in [0.25, 0.3) is 98.4 Å². The maximum Gasteiger partial charge on any atom is 0.208 e. The van der Waals surface area contributed by atoms with E-state index in [1.807, 2.05) is 235 Å². The lowest BCUT2D eigenvalue weighted by molar-refractivity contribution is 0.534. The predicted octanol–water partition coefficient (Wildman–Crippen LogP) is 32.8. The van der Waals surface area contributed by atoms with Gasteiger partial charge in [0.15, 0.2) is 25.2 Å². The molecule has 6 nitrogen and oxygen atoms in total. The van der Waals surface area contributed by atoms with Crippen LogP contribution in [0.5, 0.6) is 0 Å². The first kappa shape index (κ1) is 123. The van der Waals surface area contributed by atoms with E-state index in [9.17, 15) is 0 Å². The number of benzene rings is 10. The zero-order valence-electron chi connectivity index (χ0n) is 84.0. The predicted molar refractivity (Wildman–Crippen MR) is 564 cm³/mol. The first-order valence-electron chi connectivity index (χ1n) is 47.7. The van der Waals surface area contributed by atoms with Crippen LogP contribution in [0.2, 0.25) is 0 Å². The van der Waals surface area contributed by atoms with Gasteiger partial charge in [0.05, 0.1) is 23.5 Å². The van der Waals surface area contributed by atoms with Crippen LogP contribution in [-0.4, -0.2) is 43.4 Å². The summed E-state index contributed by atoms with van der Waals surface area (Å²) in [5.41, 5.74) is 13.4. The van der Waals surface area contributed by atoms with Gasteiger partial charge in [0, 0.05) is 124 Å². The number of allylic oxidation sites excluding steroid dienone is 4. The quantitative estimate of drug-likeness (QED) is 0.136. The number of hydrogen-bond acceptors (Lipinski definition) is 0. The first-order valence-corrected chi connectivity index (χ1v) is 47.7. The highest BCUT2D eigenvalue weighted by Gasteiger charge is 2.32. The van der Waals surface area contributed by atoms with Gasteiger partial charge in [0.1, 0.15) is 0 Å². The summed E-state index contributed by atoms with van der Waals surface area (Å²) in [6.07, 6.45) is 17.8. The highest BCUT2D eigenvalue weighted by molar-refractivity contribution is 6.10. The maximum absolute atomic E-state index is 2.55. The van der Waals surface area contributed by atoms with Crippen LogP contribution in [0.4, 0.5) is 14.1 Å². The largest absolute Gasteiger partial charge is 0.341 e. The van der Waals surface area contributed by atoms with Crippen LogP contribution in [-0.2, 0) is 26.2 Å². The van der Waals surface area contributed by atoms with Crippen molar-refractivity contribution >= 4 is 98.4 Å². The Kier molecular flexibility index (Phi) is 76.6. The van der Waals surface area contributed by atoms with Crippen molar-refractivity contribution in [1.29, 1.82) is 0 Å². The molecular formula is C114H173F3N6+2. The van der Waals surface area contributed by atoms with E-state index in [1.165, 1.54) is 120 Å². The minimum Gasteiger partial charge on any atom is -0.341 e. The topological polar surface area (TPSA) is 25.7 Å². The second kappa shape index (κ2) is 76.4. The molecule has 0 saturated heterocycles. The molecule has 10 aromatic carbocycles. The maximum atomic E-state index is 2.55. The van der Waals surface area contributed by atoms with Crippen molar-refractivity contribution in [3.63, 3.8) is 0 Å². The summed E-state index contributed by atoms with van der Waals surface area (Å²) in [5.74, 6) is 0. The first-order chi connectivity index (χ1) is 59.7. The van der Waals surface area contributed by atoms with E-state index in [0.717, 1.165) is 39.3 Å². The summed E-state index contributed by atoms with van der Waals surface area (Å²) in [4.78, 5) is 0. The van der Waals surface area contributed by atoms with Gasteiger partial charge in [-0.05, 0) is 86.7 Å². The summed E-state index contributed by atoms with van der Waals surface area (Å²) >= 11 is 0. The van der Waals surface area contributed by atoms with Crippen molar-refractivity contribution in [3.05, 3.63) is 312 Å². The number of hydrogen-bond donors (Lipinski definition) is 0. The molecular weight excluding hydrogens is 1510 g/mol. The molecule has 0 saturated carbocycles. The lowest BCUT2D eigenvalue weighted by Crippen LogP contribution is -2.39. The Morgan fingerprint density at radius 3 is 0.577 bits per heavy atom. The lowest BCUT2D eigenvalue weighted by atomic mass is 10.0. The van der Waals surface area contributed by atoms with Gasteiger partial charge in [-0.3, -0.25) is 14.1 Å². The minimum atomic E-state index is 0. The number of rotatable bonds is 8. The zero-order chi connectivity index (χ0) is 91.5. The molecule has 0 spiro atoms. The Bertz CT molecular complexity index is 4840. The molecule has 6 heterocycles. The van der Waals surface area contributed by atoms with Gasteiger partial charge in [-0.1, -0.05) is 442 Å². The molecule has 4 aliphatic rings. The molecule has 0 fully saturated rings. The summed E-state index contributed by atoms with van der Waals surface area (Å²) in [5, 5.41) is 16.2. The Balaban J connectivity index is -0.000000336. The van der Waals surface area contributed by atoms with Gasteiger partial charge >= 0.3 is 0 Å². The normalized spacial score (nSPS) is 11.5. The van der Waals surface area contributed by atoms with Crippen LogP contribution >= 0.6 is 0 Å². The van der Waals surface area contributed by atoms with Crippen LogP contribution in [0.1, 0.15) is 249 Å². The summed E-state index contributed by atoms with van der Waals surface area (Å²) in [7, 11) is 0. The zero-order valence-corrected chi connectivity index (χ0v) is 84.0. The number of nitrogens with zero attached hydrogens (tertiary/aromatic N) is 6. The standard InChI is InChI=1S/2C26H21N2.2C14H13N.17C2H6.3FH/c2*1-5-13-23-19(9-1)20-10-2-6-14-24(20)27(23)17-18-28-25-15-7-3-11-21(25)22-12-4-8-16-26(22)28;2*1-2-15-13-9-5-3-7-11(13)12-8-4-6-10-14(12)15;17*1-2;;;/h2*1-16,23H,17-18H2;2*3-10H,2H2,1H3;17*1-2H3;3*1H/q2*+1;;;;;;;;;;;;;;;;;;;;;;. The van der Waals surface area contributed by atoms with Gasteiger partial charge in [-0.2, -0.15) is 0 Å². The molecule has 2 aliphatic carbocycles. The highest BCUT2D eigenvalue weighted by atomic mass is 19.0. The fraction of sp³-hybridized carbons (Fsp3) is 0.386. The van der Waals surface area contributed by atoms with Crippen molar-refractivity contribution < 1.29 is 14.1 Å². The Morgan fingerprint density at radius 2 is 0.382 bits per heavy atom. The van der Waals surface area contributed by atoms with E-state index in [-0.39, 0.29) is 14.1 Å². The lowest BCUT2D eigenvalue weighted by Gasteiger charge is -2.13. The number of para-hydroxylation sites is 10. The van der Waals surface area contributed by atoms with Crippen LogP contribution in [0, 0.1) is 0 Å². The molecule has 4 aromatic heterocycles. The third-order valence-electron chi connectivity index (χ3n) is 18.2. The Hall–Kier alpha value is -10.5. The number of aromatic nitrogens is 4. The van der Waals surface area contributed by atoms with Crippen molar-refractivity contribution in [2.24, 2.45) is 0 Å². The number of aryl methyl sites for hydroxylation is 2. The molecule has 9 heteroatoms. The van der Waals surface area contributed by atoms with Crippen molar-refractivity contribution in [1.82, 2.24) is 27.4 Å².